The van der Waals surface area contributed by atoms with Crippen LogP contribution in [-0.2, 0) is 24.5 Å². The molecule has 1 N–H and O–H groups in total. The van der Waals surface area contributed by atoms with E-state index in [9.17, 15) is 25.6 Å². The maximum absolute atomic E-state index is 13.1. The number of hydrogen-bond donors (Lipinski definition) is 1. The largest absolute Gasteiger partial charge is 0.406 e. The number of aliphatic hydroxyl groups excluding tert-OH is 1. The van der Waals surface area contributed by atoms with Crippen molar-refractivity contribution in [1.82, 2.24) is 0 Å². The molecule has 0 aromatic heterocycles. The van der Waals surface area contributed by atoms with E-state index in [2.05, 4.69) is 4.13 Å². The predicted octanol–water partition coefficient (Wildman–Crippen LogP) is 1.36. The lowest BCUT2D eigenvalue weighted by molar-refractivity contribution is -0.0759. The predicted molar refractivity (Wildman–Crippen MR) is 75.1 cm³/mol. The van der Waals surface area contributed by atoms with Crippen molar-refractivity contribution in [1.29, 1.82) is 0 Å². The van der Waals surface area contributed by atoms with E-state index in [-0.39, 0.29) is 11.8 Å². The SMILES string of the molecule is O=S(=O)([N-]S(=O)(=O)C(F)(F)CO)OC1C2CC3CC(C2)CC1C3. The number of sulfonamides is 1. The third-order valence-corrected chi connectivity index (χ3v) is 7.99. The van der Waals surface area contributed by atoms with Crippen molar-refractivity contribution in [2.24, 2.45) is 23.7 Å². The van der Waals surface area contributed by atoms with Gasteiger partial charge >= 0.3 is 5.25 Å². The summed E-state index contributed by atoms with van der Waals surface area (Å²) in [6.45, 7) is -2.05. The third-order valence-electron chi connectivity index (χ3n) is 5.12. The van der Waals surface area contributed by atoms with Gasteiger partial charge in [-0.2, -0.15) is 8.78 Å². The Labute approximate surface area is 133 Å². The van der Waals surface area contributed by atoms with Crippen LogP contribution in [0.4, 0.5) is 8.78 Å². The fourth-order valence-electron chi connectivity index (χ4n) is 4.45. The molecular weight excluding hydrogens is 356 g/mol. The molecule has 0 aromatic rings. The molecule has 0 radical (unpaired) electrons. The summed E-state index contributed by atoms with van der Waals surface area (Å²) >= 11 is 0. The summed E-state index contributed by atoms with van der Waals surface area (Å²) in [7, 11) is -10.7. The van der Waals surface area contributed by atoms with Gasteiger partial charge in [0.25, 0.3) is 0 Å². The van der Waals surface area contributed by atoms with Crippen molar-refractivity contribution in [2.75, 3.05) is 6.61 Å². The third kappa shape index (κ3) is 3.26. The summed E-state index contributed by atoms with van der Waals surface area (Å²) < 4.78 is 79.6. The Morgan fingerprint density at radius 3 is 1.91 bits per heavy atom. The Bertz CT molecular complexity index is 650. The maximum atomic E-state index is 13.1. The van der Waals surface area contributed by atoms with Crippen LogP contribution in [0.2, 0.25) is 0 Å². The van der Waals surface area contributed by atoms with Crippen LogP contribution in [0.15, 0.2) is 0 Å². The van der Waals surface area contributed by atoms with Crippen LogP contribution in [0, 0.1) is 23.7 Å². The molecule has 0 saturated heterocycles. The van der Waals surface area contributed by atoms with Gasteiger partial charge < -0.3 is 9.23 Å². The summed E-state index contributed by atoms with van der Waals surface area (Å²) in [5, 5.41) is 3.73. The van der Waals surface area contributed by atoms with E-state index < -0.39 is 38.3 Å². The topological polar surface area (TPSA) is 112 Å². The number of rotatable bonds is 6. The van der Waals surface area contributed by atoms with Crippen molar-refractivity contribution < 1.29 is 34.9 Å². The zero-order valence-electron chi connectivity index (χ0n) is 12.1. The van der Waals surface area contributed by atoms with Gasteiger partial charge in [-0.05, 0) is 55.8 Å². The average Bonchev–Trinajstić information content (AvgIpc) is 2.40. The van der Waals surface area contributed by atoms with Crippen molar-refractivity contribution in [3.63, 3.8) is 0 Å². The van der Waals surface area contributed by atoms with E-state index in [1.165, 1.54) is 0 Å². The normalized spacial score (nSPS) is 37.3. The second-order valence-electron chi connectivity index (χ2n) is 6.76. The van der Waals surface area contributed by atoms with Gasteiger partial charge in [-0.1, -0.05) is 0 Å². The van der Waals surface area contributed by atoms with Crippen molar-refractivity contribution in [2.45, 2.75) is 43.5 Å². The zero-order chi connectivity index (χ0) is 17.0. The zero-order valence-corrected chi connectivity index (χ0v) is 13.8. The number of hydrogen-bond acceptors (Lipinski definition) is 6. The molecule has 4 aliphatic carbocycles. The van der Waals surface area contributed by atoms with Crippen LogP contribution in [0.25, 0.3) is 4.13 Å². The summed E-state index contributed by atoms with van der Waals surface area (Å²) in [5.41, 5.74) is 0. The Morgan fingerprint density at radius 1 is 1.00 bits per heavy atom. The standard InChI is InChI=1S/C12H18F2NO6S2/c13-12(14,6-16)22(17,18)15-23(19,20)21-11-9-2-7-1-8(4-9)5-10(11)3-7/h7-11,16H,1-6H2/q-1. The molecule has 0 aliphatic heterocycles. The molecule has 0 aromatic carbocycles. The first kappa shape index (κ1) is 17.5. The van der Waals surface area contributed by atoms with Crippen molar-refractivity contribution in [3.05, 3.63) is 4.13 Å². The lowest BCUT2D eigenvalue weighted by Gasteiger charge is -2.53. The number of nitrogens with zero attached hydrogens (tertiary/aromatic N) is 1. The number of halogens is 2. The molecule has 0 heterocycles. The summed E-state index contributed by atoms with van der Waals surface area (Å²) in [6, 6.07) is 0. The van der Waals surface area contributed by atoms with E-state index in [1.807, 2.05) is 0 Å². The number of alkyl halides is 2. The molecule has 0 atom stereocenters. The Kier molecular flexibility index (Phi) is 4.24. The smallest absolute Gasteiger partial charge is 0.352 e. The fraction of sp³-hybridized carbons (Fsp3) is 1.00. The lowest BCUT2D eigenvalue weighted by Crippen LogP contribution is -2.50. The van der Waals surface area contributed by atoms with Crippen molar-refractivity contribution >= 4 is 20.3 Å². The molecule has 134 valence electrons. The molecular formula is C12H18F2NO6S2-. The van der Waals surface area contributed by atoms with Gasteiger partial charge in [0.1, 0.15) is 6.61 Å². The van der Waals surface area contributed by atoms with Crippen LogP contribution in [0.5, 0.6) is 0 Å². The Morgan fingerprint density at radius 2 is 1.48 bits per heavy atom. The quantitative estimate of drug-likeness (QED) is 0.751. The average molecular weight is 374 g/mol. The second-order valence-corrected chi connectivity index (χ2v) is 9.96. The highest BCUT2D eigenvalue weighted by molar-refractivity contribution is 8.10. The summed E-state index contributed by atoms with van der Waals surface area (Å²) in [4.78, 5) is 0. The highest BCUT2D eigenvalue weighted by Gasteiger charge is 2.50. The highest BCUT2D eigenvalue weighted by Crippen LogP contribution is 2.55. The van der Waals surface area contributed by atoms with Gasteiger partial charge in [0, 0.05) is 0 Å². The second kappa shape index (κ2) is 5.58. The molecule has 23 heavy (non-hydrogen) atoms. The molecule has 4 fully saturated rings. The van der Waals surface area contributed by atoms with Gasteiger partial charge in [-0.25, -0.2) is 16.8 Å². The molecule has 4 saturated carbocycles. The first-order valence-electron chi connectivity index (χ1n) is 7.44. The molecule has 4 rings (SSSR count). The minimum Gasteiger partial charge on any atom is -0.406 e. The fourth-order valence-corrected chi connectivity index (χ4v) is 6.74. The van der Waals surface area contributed by atoms with E-state index in [4.69, 9.17) is 9.29 Å². The van der Waals surface area contributed by atoms with E-state index in [0.717, 1.165) is 32.1 Å². The molecule has 0 spiro atoms. The maximum Gasteiger partial charge on any atom is 0.352 e. The molecule has 0 unspecified atom stereocenters. The van der Waals surface area contributed by atoms with Gasteiger partial charge in [0.05, 0.1) is 6.10 Å². The molecule has 4 bridgehead atoms. The first-order valence-corrected chi connectivity index (χ1v) is 10.2. The molecule has 11 heteroatoms. The summed E-state index contributed by atoms with van der Waals surface area (Å²) in [5.74, 6) is 1.08. The van der Waals surface area contributed by atoms with E-state index in [0.29, 0.717) is 11.8 Å². The first-order chi connectivity index (χ1) is 10.5. The lowest BCUT2D eigenvalue weighted by atomic mass is 9.55. The Hall–Kier alpha value is -0.360. The van der Waals surface area contributed by atoms with Gasteiger partial charge in [0.15, 0.2) is 10.0 Å². The molecule has 0 amide bonds. The number of aliphatic hydroxyl groups is 1. The van der Waals surface area contributed by atoms with Crippen molar-refractivity contribution in [3.8, 4) is 0 Å². The van der Waals surface area contributed by atoms with Crippen LogP contribution >= 0.6 is 0 Å². The van der Waals surface area contributed by atoms with Crippen LogP contribution in [0.3, 0.4) is 0 Å². The van der Waals surface area contributed by atoms with E-state index >= 15 is 0 Å². The molecule has 7 nitrogen and oxygen atoms in total. The van der Waals surface area contributed by atoms with E-state index in [1.54, 1.807) is 0 Å². The minimum absolute atomic E-state index is 0.00252. The van der Waals surface area contributed by atoms with Crippen LogP contribution in [0.1, 0.15) is 32.1 Å². The van der Waals surface area contributed by atoms with Gasteiger partial charge in [-0.3, -0.25) is 4.18 Å². The minimum atomic E-state index is -5.72. The van der Waals surface area contributed by atoms with Crippen LogP contribution in [-0.4, -0.2) is 39.9 Å². The highest BCUT2D eigenvalue weighted by atomic mass is 32.3. The summed E-state index contributed by atoms with van der Waals surface area (Å²) in [6.07, 6.45) is 3.68. The monoisotopic (exact) mass is 374 g/mol. The Balaban J connectivity index is 1.72. The molecule has 4 aliphatic rings. The van der Waals surface area contributed by atoms with Gasteiger partial charge in [0.2, 0.25) is 10.3 Å². The van der Waals surface area contributed by atoms with Gasteiger partial charge in [-0.15, -0.1) is 0 Å². The van der Waals surface area contributed by atoms with Crippen LogP contribution < -0.4 is 0 Å².